The number of nitrogens with zero attached hydrogens (tertiary/aromatic N) is 1. The van der Waals surface area contributed by atoms with Crippen LogP contribution < -0.4 is 0 Å². The van der Waals surface area contributed by atoms with Gasteiger partial charge in [0.2, 0.25) is 0 Å². The molecule has 0 spiro atoms. The van der Waals surface area contributed by atoms with Crippen molar-refractivity contribution in [2.24, 2.45) is 4.99 Å². The van der Waals surface area contributed by atoms with Gasteiger partial charge in [0, 0.05) is 27.9 Å². The van der Waals surface area contributed by atoms with E-state index in [1.165, 1.54) is 17.4 Å². The van der Waals surface area contributed by atoms with Gasteiger partial charge >= 0.3 is 5.97 Å². The first-order chi connectivity index (χ1) is 14.7. The number of carbonyl (C=O) groups is 1. The van der Waals surface area contributed by atoms with E-state index in [1.54, 1.807) is 30.3 Å². The summed E-state index contributed by atoms with van der Waals surface area (Å²) in [6.45, 7) is 2.10. The molecule has 0 saturated heterocycles. The number of thiocarbonyl (C=S) groups is 1. The van der Waals surface area contributed by atoms with Crippen molar-refractivity contribution in [2.75, 3.05) is 6.54 Å². The lowest BCUT2D eigenvalue weighted by atomic mass is 10.1. The third kappa shape index (κ3) is 5.64. The molecule has 0 fully saturated rings. The van der Waals surface area contributed by atoms with E-state index in [9.17, 15) is 9.90 Å². The highest BCUT2D eigenvalue weighted by Crippen LogP contribution is 2.40. The fourth-order valence-corrected chi connectivity index (χ4v) is 4.68. The van der Waals surface area contributed by atoms with Crippen molar-refractivity contribution in [1.29, 1.82) is 0 Å². The van der Waals surface area contributed by atoms with Crippen molar-refractivity contribution in [3.05, 3.63) is 73.5 Å². The Balaban J connectivity index is 1.71. The number of aliphatic imine (C=N–C) groups is 1. The lowest BCUT2D eigenvalue weighted by Crippen LogP contribution is -2.07. The number of rotatable bonds is 7. The maximum atomic E-state index is 11.1. The molecule has 0 amide bonds. The fraction of sp³-hybridized carbons (Fsp3) is 0.136. The third-order valence-corrected chi connectivity index (χ3v) is 6.84. The molecule has 3 aromatic rings. The summed E-state index contributed by atoms with van der Waals surface area (Å²) < 4.78 is 0. The van der Waals surface area contributed by atoms with Crippen LogP contribution in [0.1, 0.15) is 28.4 Å². The Morgan fingerprint density at radius 2 is 1.81 bits per heavy atom. The molecule has 2 N–H and O–H groups in total. The molecule has 0 radical (unpaired) electrons. The molecule has 31 heavy (non-hydrogen) atoms. The minimum atomic E-state index is -1.07. The Kier molecular flexibility index (Phi) is 7.73. The van der Waals surface area contributed by atoms with Crippen LogP contribution in [-0.2, 0) is 6.42 Å². The Hall–Kier alpha value is -1.96. The summed E-state index contributed by atoms with van der Waals surface area (Å²) in [5, 5.41) is 22.6. The summed E-state index contributed by atoms with van der Waals surface area (Å²) in [5.41, 5.74) is 2.92. The first-order valence-electron chi connectivity index (χ1n) is 8.98. The lowest BCUT2D eigenvalue weighted by molar-refractivity contribution is 0.0697. The van der Waals surface area contributed by atoms with Gasteiger partial charge < -0.3 is 10.2 Å². The van der Waals surface area contributed by atoms with Crippen molar-refractivity contribution in [3.63, 3.8) is 0 Å². The third-order valence-electron chi connectivity index (χ3n) is 4.49. The molecule has 0 atom stereocenters. The quantitative estimate of drug-likeness (QED) is 0.259. The largest absolute Gasteiger partial charge is 0.506 e. The summed E-state index contributed by atoms with van der Waals surface area (Å²) >= 11 is 24.9. The zero-order valence-electron chi connectivity index (χ0n) is 16.2. The van der Waals surface area contributed by atoms with Gasteiger partial charge in [-0.3, -0.25) is 4.99 Å². The number of benzene rings is 2. The van der Waals surface area contributed by atoms with Crippen molar-refractivity contribution < 1.29 is 15.0 Å². The van der Waals surface area contributed by atoms with E-state index in [2.05, 4.69) is 4.99 Å². The van der Waals surface area contributed by atoms with E-state index in [1.807, 2.05) is 12.3 Å². The van der Waals surface area contributed by atoms with Crippen molar-refractivity contribution in [3.8, 4) is 16.2 Å². The van der Waals surface area contributed by atoms with Crippen LogP contribution in [-0.4, -0.2) is 33.3 Å². The molecule has 9 heteroatoms. The highest BCUT2D eigenvalue weighted by molar-refractivity contribution is 7.80. The summed E-state index contributed by atoms with van der Waals surface area (Å²) in [4.78, 5) is 16.9. The molecular weight excluding hydrogens is 497 g/mol. The average Bonchev–Trinajstić information content (AvgIpc) is 3.09. The maximum absolute atomic E-state index is 11.1. The van der Waals surface area contributed by atoms with Gasteiger partial charge in [0.1, 0.15) is 5.75 Å². The molecule has 2 aromatic carbocycles. The van der Waals surface area contributed by atoms with Crippen LogP contribution in [0.25, 0.3) is 10.4 Å². The second kappa shape index (κ2) is 10.1. The molecule has 0 bridgehead atoms. The number of halogens is 3. The molecule has 0 aliphatic heterocycles. The van der Waals surface area contributed by atoms with Crippen molar-refractivity contribution in [2.45, 2.75) is 13.3 Å². The smallest absolute Gasteiger partial charge is 0.337 e. The number of carboxylic acid groups (broad SMARTS) is 1. The normalized spacial score (nSPS) is 11.5. The Bertz CT molecular complexity index is 1200. The minimum Gasteiger partial charge on any atom is -0.506 e. The first-order valence-corrected chi connectivity index (χ1v) is 11.4. The van der Waals surface area contributed by atoms with Crippen LogP contribution in [0.4, 0.5) is 0 Å². The summed E-state index contributed by atoms with van der Waals surface area (Å²) in [7, 11) is 0. The number of thiophene rings is 1. The average molecular weight is 513 g/mol. The van der Waals surface area contributed by atoms with Gasteiger partial charge in [-0.25, -0.2) is 4.79 Å². The molecule has 4 nitrogen and oxygen atoms in total. The summed E-state index contributed by atoms with van der Waals surface area (Å²) in [5.74, 6) is -0.943. The molecular formula is C22H16Cl3NO3S2. The van der Waals surface area contributed by atoms with Crippen LogP contribution in [0.2, 0.25) is 15.1 Å². The number of aromatic hydroxyl groups is 1. The SMILES string of the molecule is CC(=NCC(=S)Cc1ccc(C(=O)O)c(Cl)c1)c1csc(-c2ccc(Cl)c(Cl)c2)c1O. The van der Waals surface area contributed by atoms with Crippen molar-refractivity contribution >= 4 is 74.9 Å². The Morgan fingerprint density at radius 3 is 2.45 bits per heavy atom. The number of carboxylic acids is 1. The molecule has 0 aliphatic carbocycles. The first kappa shape index (κ1) is 23.7. The zero-order valence-corrected chi connectivity index (χ0v) is 20.1. The predicted octanol–water partition coefficient (Wildman–Crippen LogP) is 7.20. The second-order valence-electron chi connectivity index (χ2n) is 6.69. The van der Waals surface area contributed by atoms with Crippen LogP contribution >= 0.6 is 58.4 Å². The van der Waals surface area contributed by atoms with Crippen LogP contribution in [0.5, 0.6) is 5.75 Å². The van der Waals surface area contributed by atoms with E-state index in [0.717, 1.165) is 11.1 Å². The maximum Gasteiger partial charge on any atom is 0.337 e. The monoisotopic (exact) mass is 511 g/mol. The molecule has 0 aliphatic rings. The number of hydrogen-bond donors (Lipinski definition) is 2. The van der Waals surface area contributed by atoms with Crippen LogP contribution in [0.3, 0.4) is 0 Å². The summed E-state index contributed by atoms with van der Waals surface area (Å²) in [6.07, 6.45) is 0.440. The zero-order chi connectivity index (χ0) is 22.7. The predicted molar refractivity (Wildman–Crippen MR) is 133 cm³/mol. The topological polar surface area (TPSA) is 69.9 Å². The van der Waals surface area contributed by atoms with Gasteiger partial charge in [-0.15, -0.1) is 11.3 Å². The van der Waals surface area contributed by atoms with Gasteiger partial charge in [-0.1, -0.05) is 59.2 Å². The molecule has 1 heterocycles. The van der Waals surface area contributed by atoms with E-state index in [4.69, 9.17) is 52.1 Å². The number of hydrogen-bond acceptors (Lipinski definition) is 5. The van der Waals surface area contributed by atoms with Gasteiger partial charge in [-0.2, -0.15) is 0 Å². The Morgan fingerprint density at radius 1 is 1.06 bits per heavy atom. The molecule has 0 saturated carbocycles. The molecule has 160 valence electrons. The van der Waals surface area contributed by atoms with E-state index in [0.29, 0.717) is 37.5 Å². The van der Waals surface area contributed by atoms with Crippen molar-refractivity contribution in [1.82, 2.24) is 0 Å². The van der Waals surface area contributed by atoms with E-state index >= 15 is 0 Å². The molecule has 3 rings (SSSR count). The molecule has 0 unspecified atom stereocenters. The van der Waals surface area contributed by atoms with Crippen LogP contribution in [0.15, 0.2) is 46.8 Å². The highest BCUT2D eigenvalue weighted by Gasteiger charge is 2.16. The van der Waals surface area contributed by atoms with E-state index in [-0.39, 0.29) is 22.9 Å². The molecule has 1 aromatic heterocycles. The van der Waals surface area contributed by atoms with Gasteiger partial charge in [0.05, 0.1) is 32.1 Å². The summed E-state index contributed by atoms with van der Waals surface area (Å²) in [6, 6.07) is 9.94. The second-order valence-corrected chi connectivity index (χ2v) is 9.37. The van der Waals surface area contributed by atoms with Gasteiger partial charge in [-0.05, 0) is 42.3 Å². The van der Waals surface area contributed by atoms with Gasteiger partial charge in [0.15, 0.2) is 0 Å². The lowest BCUT2D eigenvalue weighted by Gasteiger charge is -2.06. The number of aromatic carboxylic acids is 1. The standard InChI is InChI=1S/C22H16Cl3NO3S2/c1-11(16-10-31-21(20(16)27)13-3-5-17(23)19(25)8-13)26-9-14(30)6-12-2-4-15(22(28)29)18(24)7-12/h2-5,7-8,10,27H,6,9H2,1H3,(H,28,29). The Labute approximate surface area is 203 Å². The fourth-order valence-electron chi connectivity index (χ4n) is 2.87. The minimum absolute atomic E-state index is 0.0518. The highest BCUT2D eigenvalue weighted by atomic mass is 35.5. The van der Waals surface area contributed by atoms with Gasteiger partial charge in [0.25, 0.3) is 0 Å². The van der Waals surface area contributed by atoms with Crippen LogP contribution in [0, 0.1) is 0 Å². The van der Waals surface area contributed by atoms with E-state index < -0.39 is 5.97 Å².